The average molecular weight is 250 g/mol. The predicted molar refractivity (Wildman–Crippen MR) is 63.7 cm³/mol. The molecular formula is C12H14N2O4. The summed E-state index contributed by atoms with van der Waals surface area (Å²) in [4.78, 5) is 22.2. The molecule has 2 amide bonds. The number of aryl methyl sites for hydroxylation is 1. The van der Waals surface area contributed by atoms with Gasteiger partial charge in [-0.05, 0) is 32.9 Å². The van der Waals surface area contributed by atoms with E-state index in [4.69, 9.17) is 4.74 Å². The van der Waals surface area contributed by atoms with E-state index in [-0.39, 0.29) is 6.10 Å². The van der Waals surface area contributed by atoms with E-state index in [2.05, 4.69) is 15.0 Å². The van der Waals surface area contributed by atoms with Crippen LogP contribution in [0.4, 0.5) is 9.59 Å². The van der Waals surface area contributed by atoms with Crippen molar-refractivity contribution in [2.75, 3.05) is 0 Å². The van der Waals surface area contributed by atoms with Crippen LogP contribution in [0.1, 0.15) is 19.4 Å². The SMILES string of the molecule is Cc1ccc(OC(=O)N=NC(=O)OC(C)C)cc1. The number of benzene rings is 1. The van der Waals surface area contributed by atoms with E-state index in [1.807, 2.05) is 6.92 Å². The molecule has 1 rings (SSSR count). The first kappa shape index (κ1) is 13.8. The van der Waals surface area contributed by atoms with E-state index >= 15 is 0 Å². The summed E-state index contributed by atoms with van der Waals surface area (Å²) in [6, 6.07) is 6.81. The first-order valence-electron chi connectivity index (χ1n) is 5.38. The van der Waals surface area contributed by atoms with Crippen LogP contribution in [0.2, 0.25) is 0 Å². The lowest BCUT2D eigenvalue weighted by atomic mass is 10.2. The van der Waals surface area contributed by atoms with Crippen LogP contribution in [-0.2, 0) is 4.74 Å². The first-order valence-corrected chi connectivity index (χ1v) is 5.38. The molecule has 0 bridgehead atoms. The zero-order valence-corrected chi connectivity index (χ0v) is 10.4. The summed E-state index contributed by atoms with van der Waals surface area (Å²) in [5.41, 5.74) is 1.04. The fourth-order valence-electron chi connectivity index (χ4n) is 1.03. The second-order valence-electron chi connectivity index (χ2n) is 3.81. The number of carbonyl (C=O) groups is 2. The van der Waals surface area contributed by atoms with Crippen LogP contribution in [0.15, 0.2) is 34.5 Å². The second-order valence-corrected chi connectivity index (χ2v) is 3.81. The second kappa shape index (κ2) is 6.48. The number of hydrogen-bond donors (Lipinski definition) is 0. The third kappa shape index (κ3) is 5.20. The number of rotatable bonds is 2. The Bertz CT molecular complexity index is 452. The summed E-state index contributed by atoms with van der Waals surface area (Å²) in [6.45, 7) is 5.24. The van der Waals surface area contributed by atoms with Crippen LogP contribution in [0.3, 0.4) is 0 Å². The summed E-state index contributed by atoms with van der Waals surface area (Å²) in [5.74, 6) is 0.335. The first-order chi connectivity index (χ1) is 8.47. The van der Waals surface area contributed by atoms with Crippen molar-refractivity contribution < 1.29 is 19.1 Å². The average Bonchev–Trinajstić information content (AvgIpc) is 2.29. The lowest BCUT2D eigenvalue weighted by Gasteiger charge is -2.02. The van der Waals surface area contributed by atoms with Gasteiger partial charge in [0.05, 0.1) is 6.10 Å². The Balaban J connectivity index is 2.49. The molecule has 1 aromatic carbocycles. The highest BCUT2D eigenvalue weighted by Gasteiger charge is 2.06. The van der Waals surface area contributed by atoms with Crippen molar-refractivity contribution in [3.8, 4) is 5.75 Å². The molecule has 0 aliphatic carbocycles. The van der Waals surface area contributed by atoms with Gasteiger partial charge in [0.15, 0.2) is 0 Å². The van der Waals surface area contributed by atoms with Crippen molar-refractivity contribution in [2.24, 2.45) is 10.2 Å². The Morgan fingerprint density at radius 2 is 1.61 bits per heavy atom. The number of azo groups is 1. The fourth-order valence-corrected chi connectivity index (χ4v) is 1.03. The number of hydrogen-bond acceptors (Lipinski definition) is 4. The molecule has 0 radical (unpaired) electrons. The van der Waals surface area contributed by atoms with Crippen LogP contribution in [0, 0.1) is 6.92 Å². The van der Waals surface area contributed by atoms with Gasteiger partial charge in [0.25, 0.3) is 0 Å². The van der Waals surface area contributed by atoms with Crippen LogP contribution in [0.25, 0.3) is 0 Å². The van der Waals surface area contributed by atoms with Crippen molar-refractivity contribution in [1.82, 2.24) is 0 Å². The minimum Gasteiger partial charge on any atom is -0.444 e. The van der Waals surface area contributed by atoms with Crippen molar-refractivity contribution >= 4 is 12.2 Å². The van der Waals surface area contributed by atoms with Crippen LogP contribution >= 0.6 is 0 Å². The molecule has 0 saturated carbocycles. The lowest BCUT2D eigenvalue weighted by molar-refractivity contribution is 0.123. The summed E-state index contributed by atoms with van der Waals surface area (Å²) >= 11 is 0. The molecule has 0 heterocycles. The minimum atomic E-state index is -0.973. The smallest absolute Gasteiger partial charge is 0.444 e. The van der Waals surface area contributed by atoms with E-state index in [0.29, 0.717) is 5.75 Å². The molecule has 18 heavy (non-hydrogen) atoms. The Morgan fingerprint density at radius 3 is 2.17 bits per heavy atom. The van der Waals surface area contributed by atoms with Gasteiger partial charge in [0.1, 0.15) is 5.75 Å². The Morgan fingerprint density at radius 1 is 1.06 bits per heavy atom. The van der Waals surface area contributed by atoms with Gasteiger partial charge in [-0.25, -0.2) is 9.59 Å². The maximum Gasteiger partial charge on any atom is 0.458 e. The van der Waals surface area contributed by atoms with Crippen molar-refractivity contribution in [2.45, 2.75) is 26.9 Å². The van der Waals surface area contributed by atoms with E-state index < -0.39 is 12.2 Å². The van der Waals surface area contributed by atoms with E-state index in [0.717, 1.165) is 5.56 Å². The molecule has 0 saturated heterocycles. The standard InChI is InChI=1S/C12H14N2O4/c1-8(2)17-11(15)13-14-12(16)18-10-6-4-9(3)5-7-10/h4-8H,1-3H3. The zero-order valence-electron chi connectivity index (χ0n) is 10.4. The fraction of sp³-hybridized carbons (Fsp3) is 0.333. The summed E-state index contributed by atoms with van der Waals surface area (Å²) < 4.78 is 9.48. The third-order valence-electron chi connectivity index (χ3n) is 1.78. The normalized spacial score (nSPS) is 10.7. The molecule has 0 N–H and O–H groups in total. The van der Waals surface area contributed by atoms with E-state index in [1.165, 1.54) is 0 Å². The molecular weight excluding hydrogens is 236 g/mol. The molecule has 0 unspecified atom stereocenters. The van der Waals surface area contributed by atoms with Gasteiger partial charge in [0, 0.05) is 0 Å². The van der Waals surface area contributed by atoms with E-state index in [9.17, 15) is 9.59 Å². The lowest BCUT2D eigenvalue weighted by Crippen LogP contribution is -2.08. The molecule has 0 aliphatic rings. The Labute approximate surface area is 105 Å². The molecule has 1 aromatic rings. The summed E-state index contributed by atoms with van der Waals surface area (Å²) in [6.07, 6.45) is -2.21. The number of ether oxygens (including phenoxy) is 2. The molecule has 96 valence electrons. The Hall–Kier alpha value is -2.24. The van der Waals surface area contributed by atoms with Gasteiger partial charge in [-0.15, -0.1) is 0 Å². The summed E-state index contributed by atoms with van der Waals surface area (Å²) in [5, 5.41) is 6.15. The van der Waals surface area contributed by atoms with Gasteiger partial charge in [0.2, 0.25) is 0 Å². The maximum absolute atomic E-state index is 11.2. The van der Waals surface area contributed by atoms with Gasteiger partial charge in [-0.2, -0.15) is 0 Å². The number of nitrogens with zero attached hydrogens (tertiary/aromatic N) is 2. The molecule has 0 aliphatic heterocycles. The summed E-state index contributed by atoms with van der Waals surface area (Å²) in [7, 11) is 0. The van der Waals surface area contributed by atoms with Crippen LogP contribution in [0.5, 0.6) is 5.75 Å². The largest absolute Gasteiger partial charge is 0.458 e. The highest BCUT2D eigenvalue weighted by molar-refractivity contribution is 5.74. The van der Waals surface area contributed by atoms with Gasteiger partial charge in [-0.3, -0.25) is 0 Å². The van der Waals surface area contributed by atoms with Gasteiger partial charge in [-0.1, -0.05) is 27.9 Å². The van der Waals surface area contributed by atoms with Crippen LogP contribution in [-0.4, -0.2) is 18.3 Å². The van der Waals surface area contributed by atoms with Gasteiger partial charge >= 0.3 is 12.2 Å². The topological polar surface area (TPSA) is 77.3 Å². The molecule has 0 spiro atoms. The highest BCUT2D eigenvalue weighted by Crippen LogP contribution is 2.12. The predicted octanol–water partition coefficient (Wildman–Crippen LogP) is 3.49. The molecule has 0 atom stereocenters. The molecule has 0 fully saturated rings. The Kier molecular flexibility index (Phi) is 4.98. The number of amides is 2. The quantitative estimate of drug-likeness (QED) is 0.752. The highest BCUT2D eigenvalue weighted by atomic mass is 16.6. The van der Waals surface area contributed by atoms with Crippen molar-refractivity contribution in [3.63, 3.8) is 0 Å². The van der Waals surface area contributed by atoms with Gasteiger partial charge < -0.3 is 9.47 Å². The molecule has 6 nitrogen and oxygen atoms in total. The van der Waals surface area contributed by atoms with Crippen molar-refractivity contribution in [3.05, 3.63) is 29.8 Å². The molecule has 0 aromatic heterocycles. The third-order valence-corrected chi connectivity index (χ3v) is 1.78. The minimum absolute atomic E-state index is 0.315. The maximum atomic E-state index is 11.2. The number of carbonyl (C=O) groups excluding carboxylic acids is 2. The zero-order chi connectivity index (χ0) is 13.5. The van der Waals surface area contributed by atoms with Crippen LogP contribution < -0.4 is 4.74 Å². The van der Waals surface area contributed by atoms with E-state index in [1.54, 1.807) is 38.1 Å². The molecule has 6 heteroatoms. The monoisotopic (exact) mass is 250 g/mol. The van der Waals surface area contributed by atoms with Crippen molar-refractivity contribution in [1.29, 1.82) is 0 Å².